The number of aryl methyl sites for hydroxylation is 1. The van der Waals surface area contributed by atoms with Crippen LogP contribution in [0.2, 0.25) is 0 Å². The molecule has 30 heavy (non-hydrogen) atoms. The van der Waals surface area contributed by atoms with E-state index in [9.17, 15) is 9.50 Å². The summed E-state index contributed by atoms with van der Waals surface area (Å²) in [5.74, 6) is 1.87. The molecule has 8 heteroatoms. The quantitative estimate of drug-likeness (QED) is 0.499. The highest BCUT2D eigenvalue weighted by Crippen LogP contribution is 2.42. The summed E-state index contributed by atoms with van der Waals surface area (Å²) < 4.78 is 15.7. The van der Waals surface area contributed by atoms with Gasteiger partial charge in [0.2, 0.25) is 0 Å². The third-order valence-electron chi connectivity index (χ3n) is 5.97. The van der Waals surface area contributed by atoms with Crippen molar-refractivity contribution in [3.05, 3.63) is 47.4 Å². The van der Waals surface area contributed by atoms with Crippen molar-refractivity contribution in [1.82, 2.24) is 19.9 Å². The molecule has 158 valence electrons. The molecule has 1 saturated carbocycles. The lowest BCUT2D eigenvalue weighted by Crippen LogP contribution is -2.43. The van der Waals surface area contributed by atoms with Crippen LogP contribution in [0.1, 0.15) is 36.3 Å². The minimum Gasteiger partial charge on any atom is -0.391 e. The second kappa shape index (κ2) is 7.85. The molecule has 0 amide bonds. The van der Waals surface area contributed by atoms with Gasteiger partial charge in [-0.05, 0) is 62.4 Å². The zero-order valence-electron chi connectivity index (χ0n) is 17.0. The Hall–Kier alpha value is -2.71. The van der Waals surface area contributed by atoms with Gasteiger partial charge in [0.1, 0.15) is 17.5 Å². The summed E-state index contributed by atoms with van der Waals surface area (Å²) in [5.41, 5.74) is 3.49. The molecule has 1 saturated heterocycles. The average molecular weight is 410 g/mol. The Balaban J connectivity index is 1.47. The van der Waals surface area contributed by atoms with E-state index in [1.165, 1.54) is 12.1 Å². The average Bonchev–Trinajstić information content (AvgIpc) is 3.46. The molecule has 3 heterocycles. The molecule has 2 aromatic heterocycles. The molecular formula is C22H27FN6O. The zero-order valence-corrected chi connectivity index (χ0v) is 17.0. The standard InChI is InChI=1S/C22H27FN6O/c1-13-6-16(23)8-17(7-13)27-21-9-20(25-10-15-4-5-24-12-19(15)30)28-22-18(14-2-3-14)11-26-29(21)22/h6-9,11,14-15,19,24,27,30H,2-5,10,12H2,1H3,(H,25,28)/t15-,19+/m0/s1. The van der Waals surface area contributed by atoms with Gasteiger partial charge >= 0.3 is 0 Å². The fraction of sp³-hybridized carbons (Fsp3) is 0.455. The maximum atomic E-state index is 13.9. The van der Waals surface area contributed by atoms with Crippen LogP contribution in [0.5, 0.6) is 0 Å². The van der Waals surface area contributed by atoms with Crippen molar-refractivity contribution < 1.29 is 9.50 Å². The molecule has 1 aromatic carbocycles. The number of anilines is 3. The summed E-state index contributed by atoms with van der Waals surface area (Å²) in [7, 11) is 0. The minimum absolute atomic E-state index is 0.180. The second-order valence-corrected chi connectivity index (χ2v) is 8.48. The van der Waals surface area contributed by atoms with Gasteiger partial charge in [-0.3, -0.25) is 0 Å². The van der Waals surface area contributed by atoms with Gasteiger partial charge in [-0.15, -0.1) is 0 Å². The molecule has 1 aliphatic carbocycles. The Morgan fingerprint density at radius 3 is 2.87 bits per heavy atom. The highest BCUT2D eigenvalue weighted by Gasteiger charge is 2.28. The molecule has 3 aromatic rings. The normalized spacial score (nSPS) is 21.7. The van der Waals surface area contributed by atoms with Crippen LogP contribution < -0.4 is 16.0 Å². The van der Waals surface area contributed by atoms with Crippen molar-refractivity contribution in [3.63, 3.8) is 0 Å². The lowest BCUT2D eigenvalue weighted by Gasteiger charge is -2.28. The van der Waals surface area contributed by atoms with E-state index >= 15 is 0 Å². The number of fused-ring (bicyclic) bond motifs is 1. The Kier molecular flexibility index (Phi) is 5.04. The number of β-amino-alcohol motifs (C(OH)–C–C–N with tert-alkyl or cyclic N) is 1. The summed E-state index contributed by atoms with van der Waals surface area (Å²) in [4.78, 5) is 4.82. The van der Waals surface area contributed by atoms with Crippen molar-refractivity contribution in [3.8, 4) is 0 Å². The number of aliphatic hydroxyl groups is 1. The molecule has 5 rings (SSSR count). The van der Waals surface area contributed by atoms with E-state index in [2.05, 4.69) is 21.0 Å². The van der Waals surface area contributed by atoms with Crippen LogP contribution in [0.15, 0.2) is 30.5 Å². The SMILES string of the molecule is Cc1cc(F)cc(Nc2cc(NC[C@@H]3CCNC[C@H]3O)nc3c(C4CC4)cnn23)c1. The van der Waals surface area contributed by atoms with Crippen molar-refractivity contribution >= 4 is 23.0 Å². The van der Waals surface area contributed by atoms with Crippen LogP contribution in [-0.4, -0.2) is 45.4 Å². The maximum absolute atomic E-state index is 13.9. The molecule has 2 atom stereocenters. The molecule has 7 nitrogen and oxygen atoms in total. The number of hydrogen-bond donors (Lipinski definition) is 4. The molecule has 0 unspecified atom stereocenters. The van der Waals surface area contributed by atoms with E-state index in [1.54, 1.807) is 4.52 Å². The topological polar surface area (TPSA) is 86.5 Å². The van der Waals surface area contributed by atoms with Gasteiger partial charge in [-0.25, -0.2) is 9.37 Å². The second-order valence-electron chi connectivity index (χ2n) is 8.48. The van der Waals surface area contributed by atoms with E-state index < -0.39 is 0 Å². The fourth-order valence-electron chi connectivity index (χ4n) is 4.17. The number of hydrogen-bond acceptors (Lipinski definition) is 6. The number of aliphatic hydroxyl groups excluding tert-OH is 1. The van der Waals surface area contributed by atoms with Crippen LogP contribution in [0.4, 0.5) is 21.7 Å². The van der Waals surface area contributed by atoms with Crippen molar-refractivity contribution in [2.75, 3.05) is 30.3 Å². The molecule has 0 bridgehead atoms. The van der Waals surface area contributed by atoms with Gasteiger partial charge in [-0.1, -0.05) is 0 Å². The third-order valence-corrected chi connectivity index (χ3v) is 5.97. The predicted octanol–water partition coefficient (Wildman–Crippen LogP) is 3.18. The minimum atomic E-state index is -0.361. The predicted molar refractivity (Wildman–Crippen MR) is 115 cm³/mol. The number of nitrogens with one attached hydrogen (secondary N) is 3. The first-order valence-corrected chi connectivity index (χ1v) is 10.6. The molecule has 0 radical (unpaired) electrons. The van der Waals surface area contributed by atoms with Gasteiger partial charge in [0.25, 0.3) is 0 Å². The fourth-order valence-corrected chi connectivity index (χ4v) is 4.17. The molecule has 4 N–H and O–H groups in total. The van der Waals surface area contributed by atoms with Crippen molar-refractivity contribution in [1.29, 1.82) is 0 Å². The first kappa shape index (κ1) is 19.3. The van der Waals surface area contributed by atoms with E-state index in [4.69, 9.17) is 4.98 Å². The number of halogens is 1. The lowest BCUT2D eigenvalue weighted by molar-refractivity contribution is 0.0883. The summed E-state index contributed by atoms with van der Waals surface area (Å²) in [5, 5.41) is 24.7. The highest BCUT2D eigenvalue weighted by atomic mass is 19.1. The van der Waals surface area contributed by atoms with Gasteiger partial charge in [0.05, 0.1) is 12.3 Å². The number of aromatic nitrogens is 3. The van der Waals surface area contributed by atoms with Gasteiger partial charge in [-0.2, -0.15) is 9.61 Å². The molecule has 1 aliphatic heterocycles. The van der Waals surface area contributed by atoms with E-state index in [1.807, 2.05) is 25.3 Å². The Morgan fingerprint density at radius 1 is 1.23 bits per heavy atom. The molecule has 2 aliphatic rings. The maximum Gasteiger partial charge on any atom is 0.163 e. The first-order chi connectivity index (χ1) is 14.6. The first-order valence-electron chi connectivity index (χ1n) is 10.6. The van der Waals surface area contributed by atoms with Crippen molar-refractivity contribution in [2.45, 2.75) is 38.2 Å². The lowest BCUT2D eigenvalue weighted by atomic mass is 9.95. The van der Waals surface area contributed by atoms with Gasteiger partial charge in [0.15, 0.2) is 5.65 Å². The number of rotatable bonds is 6. The molecule has 2 fully saturated rings. The van der Waals surface area contributed by atoms with Crippen LogP contribution in [0, 0.1) is 18.7 Å². The Labute approximate surface area is 174 Å². The number of nitrogens with zero attached hydrogens (tertiary/aromatic N) is 3. The number of piperidine rings is 1. The zero-order chi connectivity index (χ0) is 20.7. The van der Waals surface area contributed by atoms with Crippen LogP contribution in [-0.2, 0) is 0 Å². The van der Waals surface area contributed by atoms with Gasteiger partial charge in [0, 0.05) is 36.3 Å². The van der Waals surface area contributed by atoms with E-state index in [-0.39, 0.29) is 17.8 Å². The summed E-state index contributed by atoms with van der Waals surface area (Å²) in [6.45, 7) is 4.05. The molecular weight excluding hydrogens is 383 g/mol. The highest BCUT2D eigenvalue weighted by molar-refractivity contribution is 5.66. The van der Waals surface area contributed by atoms with Crippen molar-refractivity contribution in [2.24, 2.45) is 5.92 Å². The molecule has 0 spiro atoms. The summed E-state index contributed by atoms with van der Waals surface area (Å²) in [6, 6.07) is 6.77. The van der Waals surface area contributed by atoms with Gasteiger partial charge < -0.3 is 21.1 Å². The van der Waals surface area contributed by atoms with Crippen LogP contribution in [0.3, 0.4) is 0 Å². The van der Waals surface area contributed by atoms with E-state index in [0.717, 1.165) is 54.2 Å². The smallest absolute Gasteiger partial charge is 0.163 e. The Bertz CT molecular complexity index is 1040. The summed E-state index contributed by atoms with van der Waals surface area (Å²) in [6.07, 6.45) is 4.77. The number of benzene rings is 1. The Morgan fingerprint density at radius 2 is 2.10 bits per heavy atom. The van der Waals surface area contributed by atoms with Crippen LogP contribution in [0.25, 0.3) is 5.65 Å². The third kappa shape index (κ3) is 3.97. The monoisotopic (exact) mass is 410 g/mol. The van der Waals surface area contributed by atoms with Crippen LogP contribution >= 0.6 is 0 Å². The largest absolute Gasteiger partial charge is 0.391 e. The summed E-state index contributed by atoms with van der Waals surface area (Å²) >= 11 is 0. The van der Waals surface area contributed by atoms with E-state index in [0.29, 0.717) is 24.7 Å².